The minimum Gasteiger partial charge on any atom is -0.0619 e. The van der Waals surface area contributed by atoms with E-state index in [1.165, 1.54) is 100 Å². The van der Waals surface area contributed by atoms with Crippen molar-refractivity contribution in [1.29, 1.82) is 0 Å². The first-order chi connectivity index (χ1) is 22.4. The van der Waals surface area contributed by atoms with Gasteiger partial charge in [-0.2, -0.15) is 0 Å². The summed E-state index contributed by atoms with van der Waals surface area (Å²) in [5.41, 5.74) is 24.7. The predicted molar refractivity (Wildman–Crippen MR) is 199 cm³/mol. The molecule has 0 bridgehead atoms. The van der Waals surface area contributed by atoms with E-state index in [2.05, 4.69) is 165 Å². The average molecular weight is 607 g/mol. The summed E-state index contributed by atoms with van der Waals surface area (Å²) in [6.45, 7) is 18.9. The fourth-order valence-electron chi connectivity index (χ4n) is 9.41. The van der Waals surface area contributed by atoms with Gasteiger partial charge in [0.1, 0.15) is 0 Å². The van der Waals surface area contributed by atoms with Crippen LogP contribution in [-0.4, -0.2) is 0 Å². The number of hydrogen-bond acceptors (Lipinski definition) is 0. The summed E-state index contributed by atoms with van der Waals surface area (Å²) in [6, 6.07) is 42.1. The van der Waals surface area contributed by atoms with Gasteiger partial charge in [-0.05, 0) is 138 Å². The Labute approximate surface area is 280 Å². The van der Waals surface area contributed by atoms with E-state index in [1.54, 1.807) is 0 Å². The maximum Gasteiger partial charge on any atom is 0.0159 e. The number of fused-ring (bicyclic) bond motifs is 9. The van der Waals surface area contributed by atoms with Crippen LogP contribution in [0.15, 0.2) is 109 Å². The van der Waals surface area contributed by atoms with Gasteiger partial charge in [-0.1, -0.05) is 126 Å². The highest BCUT2D eigenvalue weighted by molar-refractivity contribution is 5.90. The summed E-state index contributed by atoms with van der Waals surface area (Å²) >= 11 is 0. The van der Waals surface area contributed by atoms with Crippen molar-refractivity contribution in [3.8, 4) is 55.6 Å². The Morgan fingerprint density at radius 3 is 1.06 bits per heavy atom. The Kier molecular flexibility index (Phi) is 5.60. The van der Waals surface area contributed by atoms with E-state index in [0.29, 0.717) is 0 Å². The van der Waals surface area contributed by atoms with Gasteiger partial charge in [-0.15, -0.1) is 0 Å². The van der Waals surface area contributed by atoms with Crippen molar-refractivity contribution in [3.63, 3.8) is 0 Å². The third-order valence-corrected chi connectivity index (χ3v) is 12.2. The molecule has 0 N–H and O–H groups in total. The number of rotatable bonds is 2. The van der Waals surface area contributed by atoms with Crippen molar-refractivity contribution in [2.24, 2.45) is 0 Å². The molecule has 0 saturated heterocycles. The molecule has 0 fully saturated rings. The summed E-state index contributed by atoms with van der Waals surface area (Å²) in [5, 5.41) is 0. The second-order valence-corrected chi connectivity index (χ2v) is 15.9. The molecule has 0 spiro atoms. The average Bonchev–Trinajstić information content (AvgIpc) is 3.52. The summed E-state index contributed by atoms with van der Waals surface area (Å²) in [6.07, 6.45) is 0. The molecule has 0 amide bonds. The largest absolute Gasteiger partial charge is 0.0619 e. The van der Waals surface area contributed by atoms with Crippen molar-refractivity contribution in [2.45, 2.75) is 71.6 Å². The molecule has 0 atom stereocenters. The van der Waals surface area contributed by atoms with E-state index >= 15 is 0 Å². The van der Waals surface area contributed by atoms with E-state index in [-0.39, 0.29) is 16.2 Å². The molecule has 0 heterocycles. The van der Waals surface area contributed by atoms with Gasteiger partial charge in [0.15, 0.2) is 0 Å². The molecule has 0 radical (unpaired) electrons. The van der Waals surface area contributed by atoms with E-state index in [0.717, 1.165) is 0 Å². The highest BCUT2D eigenvalue weighted by Gasteiger charge is 2.39. The van der Waals surface area contributed by atoms with Crippen LogP contribution >= 0.6 is 0 Å². The lowest BCUT2D eigenvalue weighted by atomic mass is 9.79. The molecule has 0 unspecified atom stereocenters. The van der Waals surface area contributed by atoms with Gasteiger partial charge in [0.25, 0.3) is 0 Å². The number of benzene rings is 6. The molecule has 9 rings (SSSR count). The van der Waals surface area contributed by atoms with Crippen LogP contribution in [0.1, 0.15) is 86.1 Å². The third kappa shape index (κ3) is 3.70. The van der Waals surface area contributed by atoms with Crippen LogP contribution < -0.4 is 0 Å². The second kappa shape index (κ2) is 9.23. The molecule has 230 valence electrons. The molecule has 0 saturated carbocycles. The molecule has 3 aliphatic rings. The van der Waals surface area contributed by atoms with Gasteiger partial charge < -0.3 is 0 Å². The fourth-order valence-corrected chi connectivity index (χ4v) is 9.41. The fraction of sp³-hybridized carbons (Fsp3) is 0.234. The van der Waals surface area contributed by atoms with E-state index in [4.69, 9.17) is 0 Å². The molecule has 6 aromatic rings. The maximum absolute atomic E-state index is 2.49. The molecule has 0 heteroatoms. The zero-order chi connectivity index (χ0) is 32.6. The van der Waals surface area contributed by atoms with Crippen LogP contribution in [0.5, 0.6) is 0 Å². The Morgan fingerprint density at radius 2 is 0.638 bits per heavy atom. The summed E-state index contributed by atoms with van der Waals surface area (Å²) in [5.74, 6) is 0. The van der Waals surface area contributed by atoms with Gasteiger partial charge >= 0.3 is 0 Å². The van der Waals surface area contributed by atoms with Crippen LogP contribution in [-0.2, 0) is 16.2 Å². The Hall–Kier alpha value is -4.68. The minimum atomic E-state index is -0.100. The van der Waals surface area contributed by atoms with Crippen molar-refractivity contribution in [2.75, 3.05) is 0 Å². The van der Waals surface area contributed by atoms with E-state index < -0.39 is 0 Å². The van der Waals surface area contributed by atoms with Gasteiger partial charge in [-0.3, -0.25) is 0 Å². The topological polar surface area (TPSA) is 0 Å². The Bertz CT molecular complexity index is 2170. The van der Waals surface area contributed by atoms with Crippen molar-refractivity contribution in [3.05, 3.63) is 154 Å². The summed E-state index contributed by atoms with van der Waals surface area (Å²) < 4.78 is 0. The van der Waals surface area contributed by atoms with Gasteiger partial charge in [-0.25, -0.2) is 0 Å². The van der Waals surface area contributed by atoms with Crippen LogP contribution in [0.3, 0.4) is 0 Å². The molecule has 0 aromatic heterocycles. The lowest BCUT2D eigenvalue weighted by Crippen LogP contribution is -2.16. The highest BCUT2D eigenvalue weighted by Crippen LogP contribution is 2.54. The van der Waals surface area contributed by atoms with Crippen molar-refractivity contribution < 1.29 is 0 Å². The molecule has 47 heavy (non-hydrogen) atoms. The summed E-state index contributed by atoms with van der Waals surface area (Å²) in [4.78, 5) is 0. The molecule has 6 aromatic carbocycles. The highest BCUT2D eigenvalue weighted by atomic mass is 14.4. The van der Waals surface area contributed by atoms with Gasteiger partial charge in [0.2, 0.25) is 0 Å². The van der Waals surface area contributed by atoms with Gasteiger partial charge in [0, 0.05) is 16.2 Å². The first kappa shape index (κ1) is 28.5. The zero-order valence-corrected chi connectivity index (χ0v) is 28.9. The zero-order valence-electron chi connectivity index (χ0n) is 28.9. The van der Waals surface area contributed by atoms with Crippen LogP contribution in [0.2, 0.25) is 0 Å². The van der Waals surface area contributed by atoms with Crippen LogP contribution in [0.4, 0.5) is 0 Å². The van der Waals surface area contributed by atoms with Crippen molar-refractivity contribution in [1.82, 2.24) is 0 Å². The normalized spacial score (nSPS) is 16.6. The lowest BCUT2D eigenvalue weighted by Gasteiger charge is -2.25. The predicted octanol–water partition coefficient (Wildman–Crippen LogP) is 12.6. The number of aryl methyl sites for hydroxylation is 2. The van der Waals surface area contributed by atoms with Crippen LogP contribution in [0, 0.1) is 13.8 Å². The standard InChI is InChI=1S/C47H42/c1-27-21-37-31-13-9-11-15-39(31)45(3,4)43(37)25-35(27)29-17-19-33-34-20-18-30(24-42(34)47(7,8)41(33)23-29)36-26-44-38(22-28(36)2)32-14-10-12-16-40(32)46(44,5)6/h9-26H,1-8H3. The monoisotopic (exact) mass is 606 g/mol. The number of hydrogen-bond donors (Lipinski definition) is 0. The second-order valence-electron chi connectivity index (χ2n) is 15.9. The van der Waals surface area contributed by atoms with E-state index in [9.17, 15) is 0 Å². The van der Waals surface area contributed by atoms with Crippen molar-refractivity contribution >= 4 is 0 Å². The minimum absolute atomic E-state index is 0.00922. The molecule has 0 aliphatic heterocycles. The maximum atomic E-state index is 2.49. The first-order valence-electron chi connectivity index (χ1n) is 17.2. The SMILES string of the molecule is Cc1cc2c(cc1-c1ccc3c(c1)C(C)(C)c1cc(-c4cc5c(cc4C)-c4ccccc4C5(C)C)ccc1-3)C(C)(C)c1ccccc1-2. The smallest absolute Gasteiger partial charge is 0.0159 e. The Balaban J connectivity index is 1.13. The van der Waals surface area contributed by atoms with Gasteiger partial charge in [0.05, 0.1) is 0 Å². The Morgan fingerprint density at radius 1 is 0.298 bits per heavy atom. The molecule has 3 aliphatic carbocycles. The lowest BCUT2D eigenvalue weighted by molar-refractivity contribution is 0.659. The molecular weight excluding hydrogens is 565 g/mol. The third-order valence-electron chi connectivity index (χ3n) is 12.2. The molecule has 0 nitrogen and oxygen atoms in total. The molecular formula is C47H42. The summed E-state index contributed by atoms with van der Waals surface area (Å²) in [7, 11) is 0. The van der Waals surface area contributed by atoms with E-state index in [1.807, 2.05) is 0 Å². The first-order valence-corrected chi connectivity index (χ1v) is 17.2. The van der Waals surface area contributed by atoms with Crippen LogP contribution in [0.25, 0.3) is 55.6 Å². The quantitative estimate of drug-likeness (QED) is 0.184.